The van der Waals surface area contributed by atoms with Crippen molar-refractivity contribution in [3.63, 3.8) is 0 Å². The number of benzene rings is 1. The lowest BCUT2D eigenvalue weighted by atomic mass is 10.0. The largest absolute Gasteiger partial charge is 0.391 e. The van der Waals surface area contributed by atoms with E-state index >= 15 is 0 Å². The zero-order valence-electron chi connectivity index (χ0n) is 18.3. The van der Waals surface area contributed by atoms with Crippen LogP contribution in [0.3, 0.4) is 0 Å². The number of hydrogen-bond acceptors (Lipinski definition) is 7. The number of nitrogens with zero attached hydrogens (tertiary/aromatic N) is 5. The summed E-state index contributed by atoms with van der Waals surface area (Å²) in [6, 6.07) is 5.23. The fraction of sp³-hybridized carbons (Fsp3) is 0.364. The van der Waals surface area contributed by atoms with Gasteiger partial charge in [-0.2, -0.15) is 5.10 Å². The third-order valence-electron chi connectivity index (χ3n) is 5.95. The molecule has 2 atom stereocenters. The Balaban J connectivity index is 0.000000408. The summed E-state index contributed by atoms with van der Waals surface area (Å²) < 4.78 is 29.8. The Bertz CT molecular complexity index is 1210. The molecule has 0 aliphatic carbocycles. The highest BCUT2D eigenvalue weighted by Gasteiger charge is 2.30. The van der Waals surface area contributed by atoms with Gasteiger partial charge < -0.3 is 26.4 Å². The molecule has 2 amide bonds. The maximum Gasteiger partial charge on any atom is 0.306 e. The van der Waals surface area contributed by atoms with Crippen LogP contribution < -0.4 is 21.3 Å². The lowest BCUT2D eigenvalue weighted by Crippen LogP contribution is -2.29. The van der Waals surface area contributed by atoms with Gasteiger partial charge in [-0.25, -0.2) is 18.3 Å². The number of rotatable bonds is 3. The maximum atomic E-state index is 14.4. The van der Waals surface area contributed by atoms with E-state index in [1.807, 2.05) is 17.2 Å². The quantitative estimate of drug-likeness (QED) is 0.479. The number of carbonyl (C=O) groups excluding carboxylic acids is 2. The molecule has 2 saturated heterocycles. The summed E-state index contributed by atoms with van der Waals surface area (Å²) in [4.78, 5) is 27.8. The van der Waals surface area contributed by atoms with E-state index in [4.69, 9.17) is 4.98 Å². The van der Waals surface area contributed by atoms with E-state index in [-0.39, 0.29) is 12.1 Å². The van der Waals surface area contributed by atoms with Gasteiger partial charge in [-0.15, -0.1) is 0 Å². The molecule has 2 fully saturated rings. The topological polar surface area (TPSA) is 143 Å². The maximum absolute atomic E-state index is 14.4. The second-order valence-corrected chi connectivity index (χ2v) is 8.22. The Morgan fingerprint density at radius 1 is 1.09 bits per heavy atom. The van der Waals surface area contributed by atoms with E-state index in [0.29, 0.717) is 17.8 Å². The smallest absolute Gasteiger partial charge is 0.306 e. The normalized spacial score (nSPS) is 19.9. The first-order valence-electron chi connectivity index (χ1n) is 10.8. The number of carbonyl (C=O) groups is 2. The minimum absolute atomic E-state index is 0.245. The number of halogens is 2. The number of anilines is 2. The Kier molecular flexibility index (Phi) is 6.59. The molecule has 34 heavy (non-hydrogen) atoms. The van der Waals surface area contributed by atoms with Crippen LogP contribution in [0.2, 0.25) is 0 Å². The average Bonchev–Trinajstić information content (AvgIpc) is 3.54. The molecule has 3 aromatic rings. The van der Waals surface area contributed by atoms with Gasteiger partial charge in [0.15, 0.2) is 5.65 Å². The Morgan fingerprint density at radius 2 is 1.85 bits per heavy atom. The van der Waals surface area contributed by atoms with Crippen LogP contribution in [-0.4, -0.2) is 57.3 Å². The highest BCUT2D eigenvalue weighted by atomic mass is 19.1. The molecular formula is C22H25F2N7O3. The van der Waals surface area contributed by atoms with Crippen LogP contribution in [0.4, 0.5) is 20.3 Å². The SMILES string of the molecule is NC(=O)C(N)=O.O[C@H]1CCN(c2cnn3ccc(N4CCC[C@@H]4c4cc(F)ccc4F)nc23)C1. The van der Waals surface area contributed by atoms with Crippen LogP contribution in [0, 0.1) is 11.6 Å². The summed E-state index contributed by atoms with van der Waals surface area (Å²) in [6.45, 7) is 2.05. The molecule has 2 aliphatic rings. The third-order valence-corrected chi connectivity index (χ3v) is 5.95. The second-order valence-electron chi connectivity index (χ2n) is 8.22. The number of aromatic nitrogens is 3. The third kappa shape index (κ3) is 4.76. The van der Waals surface area contributed by atoms with Crippen molar-refractivity contribution in [3.8, 4) is 0 Å². The molecule has 2 aromatic heterocycles. The van der Waals surface area contributed by atoms with Crippen molar-refractivity contribution in [1.29, 1.82) is 0 Å². The number of nitrogens with two attached hydrogens (primary N) is 2. The van der Waals surface area contributed by atoms with Gasteiger partial charge in [0.1, 0.15) is 23.1 Å². The van der Waals surface area contributed by atoms with Crippen LogP contribution >= 0.6 is 0 Å². The van der Waals surface area contributed by atoms with E-state index in [1.54, 1.807) is 10.7 Å². The number of primary amides is 2. The molecular weight excluding hydrogens is 448 g/mol. The fourth-order valence-corrected chi connectivity index (χ4v) is 4.33. The van der Waals surface area contributed by atoms with Crippen LogP contribution in [0.5, 0.6) is 0 Å². The summed E-state index contributed by atoms with van der Waals surface area (Å²) in [7, 11) is 0. The standard InChI is InChI=1S/C20H21F2N5O.C2H4N2O2/c21-13-3-4-16(22)15(10-13)17-2-1-7-26(17)19-6-9-27-20(24-19)18(11-23-27)25-8-5-14(28)12-25;3-1(5)2(4)6/h3-4,6,9-11,14,17,28H,1-2,5,7-8,12H2;(H2,3,5)(H2,4,6)/t14-,17+;/m0./s1. The molecule has 10 nitrogen and oxygen atoms in total. The van der Waals surface area contributed by atoms with Crippen LogP contribution in [-0.2, 0) is 9.59 Å². The van der Waals surface area contributed by atoms with Gasteiger partial charge in [0.2, 0.25) is 0 Å². The van der Waals surface area contributed by atoms with E-state index in [1.165, 1.54) is 12.1 Å². The predicted molar refractivity (Wildman–Crippen MR) is 120 cm³/mol. The predicted octanol–water partition coefficient (Wildman–Crippen LogP) is 0.877. The molecule has 5 rings (SSSR count). The van der Waals surface area contributed by atoms with Gasteiger partial charge in [0, 0.05) is 31.4 Å². The van der Waals surface area contributed by atoms with Gasteiger partial charge in [-0.1, -0.05) is 0 Å². The lowest BCUT2D eigenvalue weighted by Gasteiger charge is -2.26. The van der Waals surface area contributed by atoms with Crippen molar-refractivity contribution >= 4 is 29.0 Å². The number of hydrogen-bond donors (Lipinski definition) is 3. The van der Waals surface area contributed by atoms with E-state index in [9.17, 15) is 23.5 Å². The molecule has 0 bridgehead atoms. The highest BCUT2D eigenvalue weighted by molar-refractivity contribution is 6.33. The van der Waals surface area contributed by atoms with Gasteiger partial charge >= 0.3 is 11.8 Å². The number of β-amino-alcohol motifs (C(OH)–C–C–N with tert-alkyl or cyclic N) is 1. The molecule has 5 N–H and O–H groups in total. The Labute approximate surface area is 193 Å². The first-order chi connectivity index (χ1) is 16.2. The summed E-state index contributed by atoms with van der Waals surface area (Å²) in [5.41, 5.74) is 10.6. The lowest BCUT2D eigenvalue weighted by molar-refractivity contribution is -0.135. The molecule has 0 spiro atoms. The monoisotopic (exact) mass is 473 g/mol. The fourth-order valence-electron chi connectivity index (χ4n) is 4.33. The molecule has 0 saturated carbocycles. The molecule has 0 radical (unpaired) electrons. The van der Waals surface area contributed by atoms with Crippen molar-refractivity contribution < 1.29 is 23.5 Å². The molecule has 2 aliphatic heterocycles. The summed E-state index contributed by atoms with van der Waals surface area (Å²) >= 11 is 0. The van der Waals surface area contributed by atoms with Crippen molar-refractivity contribution in [2.45, 2.75) is 31.4 Å². The van der Waals surface area contributed by atoms with Gasteiger partial charge in [0.25, 0.3) is 0 Å². The van der Waals surface area contributed by atoms with E-state index < -0.39 is 23.4 Å². The number of aliphatic hydroxyl groups excluding tert-OH is 1. The van der Waals surface area contributed by atoms with Crippen molar-refractivity contribution in [1.82, 2.24) is 14.6 Å². The Hall–Kier alpha value is -3.80. The summed E-state index contributed by atoms with van der Waals surface area (Å²) in [6.07, 6.45) is 5.62. The summed E-state index contributed by atoms with van der Waals surface area (Å²) in [5, 5.41) is 14.2. The Morgan fingerprint density at radius 3 is 2.53 bits per heavy atom. The van der Waals surface area contributed by atoms with Gasteiger partial charge in [-0.05, 0) is 43.5 Å². The number of fused-ring (bicyclic) bond motifs is 1. The van der Waals surface area contributed by atoms with E-state index in [0.717, 1.165) is 49.9 Å². The average molecular weight is 473 g/mol. The molecule has 4 heterocycles. The minimum atomic E-state index is -1.10. The molecule has 0 unspecified atom stereocenters. The zero-order chi connectivity index (χ0) is 24.4. The molecule has 12 heteroatoms. The minimum Gasteiger partial charge on any atom is -0.391 e. The zero-order valence-corrected chi connectivity index (χ0v) is 18.3. The van der Waals surface area contributed by atoms with Crippen molar-refractivity contribution in [2.75, 3.05) is 29.4 Å². The van der Waals surface area contributed by atoms with Crippen molar-refractivity contribution in [2.24, 2.45) is 11.5 Å². The first kappa shape index (κ1) is 23.4. The first-order valence-corrected chi connectivity index (χ1v) is 10.8. The second kappa shape index (κ2) is 9.59. The summed E-state index contributed by atoms with van der Waals surface area (Å²) in [5.74, 6) is -2.31. The van der Waals surface area contributed by atoms with E-state index in [2.05, 4.69) is 21.5 Å². The number of amides is 2. The van der Waals surface area contributed by atoms with Crippen LogP contribution in [0.1, 0.15) is 30.9 Å². The van der Waals surface area contributed by atoms with Crippen molar-refractivity contribution in [3.05, 3.63) is 53.9 Å². The number of aliphatic hydroxyl groups is 1. The van der Waals surface area contributed by atoms with Crippen LogP contribution in [0.25, 0.3) is 5.65 Å². The van der Waals surface area contributed by atoms with Gasteiger partial charge in [-0.3, -0.25) is 9.59 Å². The van der Waals surface area contributed by atoms with Crippen LogP contribution in [0.15, 0.2) is 36.7 Å². The molecule has 1 aromatic carbocycles. The molecule has 180 valence electrons. The van der Waals surface area contributed by atoms with Gasteiger partial charge in [0.05, 0.1) is 18.3 Å². The highest BCUT2D eigenvalue weighted by Crippen LogP contribution is 2.37.